The van der Waals surface area contributed by atoms with Crippen LogP contribution in [0.4, 0.5) is 5.69 Å². The standard InChI is InChI=1S/C10H12N2O2S/c1-2-3-7-12-15(13,14)10-6-4-5-9(11)8-10/h4-6,8,12H,7,11H2,1H3. The number of nitrogens with one attached hydrogen (secondary N) is 1. The Balaban J connectivity index is 2.90. The predicted octanol–water partition coefficient (Wildman–Crippen LogP) is 0.570. The van der Waals surface area contributed by atoms with Gasteiger partial charge in [0.2, 0.25) is 10.0 Å². The van der Waals surface area contributed by atoms with E-state index in [1.54, 1.807) is 19.1 Å². The van der Waals surface area contributed by atoms with Gasteiger partial charge >= 0.3 is 0 Å². The average Bonchev–Trinajstić information content (AvgIpc) is 2.18. The third-order valence-corrected chi connectivity index (χ3v) is 3.09. The van der Waals surface area contributed by atoms with Gasteiger partial charge < -0.3 is 5.73 Å². The van der Waals surface area contributed by atoms with Gasteiger partial charge in [0.05, 0.1) is 11.4 Å². The van der Waals surface area contributed by atoms with E-state index in [0.717, 1.165) is 0 Å². The lowest BCUT2D eigenvalue weighted by molar-refractivity contribution is 0.586. The number of anilines is 1. The number of hydrogen-bond donors (Lipinski definition) is 2. The molecule has 3 N–H and O–H groups in total. The van der Waals surface area contributed by atoms with Crippen LogP contribution < -0.4 is 10.5 Å². The summed E-state index contributed by atoms with van der Waals surface area (Å²) < 4.78 is 25.6. The summed E-state index contributed by atoms with van der Waals surface area (Å²) in [6.45, 7) is 1.75. The first-order valence-electron chi connectivity index (χ1n) is 4.31. The zero-order valence-electron chi connectivity index (χ0n) is 8.32. The van der Waals surface area contributed by atoms with Crippen molar-refractivity contribution in [3.05, 3.63) is 24.3 Å². The van der Waals surface area contributed by atoms with Crippen LogP contribution in [-0.2, 0) is 10.0 Å². The van der Waals surface area contributed by atoms with Crippen LogP contribution in [0.3, 0.4) is 0 Å². The monoisotopic (exact) mass is 224 g/mol. The lowest BCUT2D eigenvalue weighted by atomic mass is 10.3. The quantitative estimate of drug-likeness (QED) is 0.582. The summed E-state index contributed by atoms with van der Waals surface area (Å²) in [7, 11) is -3.49. The van der Waals surface area contributed by atoms with E-state index in [0.29, 0.717) is 5.69 Å². The highest BCUT2D eigenvalue weighted by atomic mass is 32.2. The van der Waals surface area contributed by atoms with Crippen LogP contribution >= 0.6 is 0 Å². The Kier molecular flexibility index (Phi) is 3.72. The predicted molar refractivity (Wildman–Crippen MR) is 59.5 cm³/mol. The van der Waals surface area contributed by atoms with E-state index >= 15 is 0 Å². The molecule has 0 aliphatic carbocycles. The van der Waals surface area contributed by atoms with E-state index in [4.69, 9.17) is 5.73 Å². The molecule has 5 heteroatoms. The zero-order chi connectivity index (χ0) is 11.3. The molecule has 0 radical (unpaired) electrons. The number of rotatable bonds is 3. The van der Waals surface area contributed by atoms with E-state index in [1.807, 2.05) is 0 Å². The second-order valence-electron chi connectivity index (χ2n) is 2.82. The molecule has 1 rings (SSSR count). The van der Waals surface area contributed by atoms with Gasteiger partial charge in [0.15, 0.2) is 0 Å². The topological polar surface area (TPSA) is 72.2 Å². The number of nitrogens with two attached hydrogens (primary N) is 1. The van der Waals surface area contributed by atoms with Crippen molar-refractivity contribution in [1.29, 1.82) is 0 Å². The van der Waals surface area contributed by atoms with Crippen LogP contribution in [0.2, 0.25) is 0 Å². The van der Waals surface area contributed by atoms with Gasteiger partial charge in [-0.15, -0.1) is 5.92 Å². The Bertz CT molecular complexity index is 498. The molecule has 0 saturated carbocycles. The lowest BCUT2D eigenvalue weighted by Gasteiger charge is -2.04. The van der Waals surface area contributed by atoms with Crippen LogP contribution in [-0.4, -0.2) is 15.0 Å². The van der Waals surface area contributed by atoms with E-state index in [9.17, 15) is 8.42 Å². The molecule has 0 heterocycles. The third kappa shape index (κ3) is 3.27. The molecule has 0 fully saturated rings. The molecule has 80 valence electrons. The molecule has 0 saturated heterocycles. The van der Waals surface area contributed by atoms with E-state index in [1.165, 1.54) is 12.1 Å². The highest BCUT2D eigenvalue weighted by Crippen LogP contribution is 2.11. The normalized spacial score (nSPS) is 10.5. The van der Waals surface area contributed by atoms with Crippen molar-refractivity contribution in [2.45, 2.75) is 11.8 Å². The summed E-state index contributed by atoms with van der Waals surface area (Å²) in [4.78, 5) is 0.153. The maximum atomic E-state index is 11.6. The van der Waals surface area contributed by atoms with Gasteiger partial charge in [-0.1, -0.05) is 12.0 Å². The van der Waals surface area contributed by atoms with Gasteiger partial charge in [0, 0.05) is 5.69 Å². The second-order valence-corrected chi connectivity index (χ2v) is 4.59. The van der Waals surface area contributed by atoms with Crippen molar-refractivity contribution in [2.75, 3.05) is 12.3 Å². The van der Waals surface area contributed by atoms with Gasteiger partial charge in [0.25, 0.3) is 0 Å². The van der Waals surface area contributed by atoms with Gasteiger partial charge in [-0.25, -0.2) is 8.42 Å². The first-order valence-corrected chi connectivity index (χ1v) is 5.79. The summed E-state index contributed by atoms with van der Waals surface area (Å²) >= 11 is 0. The van der Waals surface area contributed by atoms with E-state index in [-0.39, 0.29) is 11.4 Å². The first-order chi connectivity index (χ1) is 7.06. The summed E-state index contributed by atoms with van der Waals surface area (Å²) in [5.74, 6) is 5.22. The Morgan fingerprint density at radius 3 is 2.80 bits per heavy atom. The van der Waals surface area contributed by atoms with E-state index < -0.39 is 10.0 Å². The van der Waals surface area contributed by atoms with Crippen molar-refractivity contribution < 1.29 is 8.42 Å². The SMILES string of the molecule is CC#CCNS(=O)(=O)c1cccc(N)c1. The van der Waals surface area contributed by atoms with Crippen molar-refractivity contribution in [2.24, 2.45) is 0 Å². The first kappa shape index (κ1) is 11.6. The minimum Gasteiger partial charge on any atom is -0.399 e. The Hall–Kier alpha value is -1.51. The molecular weight excluding hydrogens is 212 g/mol. The van der Waals surface area contributed by atoms with Crippen LogP contribution in [0.1, 0.15) is 6.92 Å². The van der Waals surface area contributed by atoms with Crippen LogP contribution in [0.5, 0.6) is 0 Å². The van der Waals surface area contributed by atoms with Crippen molar-refractivity contribution in [3.8, 4) is 11.8 Å². The lowest BCUT2D eigenvalue weighted by Crippen LogP contribution is -2.24. The van der Waals surface area contributed by atoms with E-state index in [2.05, 4.69) is 16.6 Å². The number of nitrogen functional groups attached to an aromatic ring is 1. The second kappa shape index (κ2) is 4.82. The minimum absolute atomic E-state index is 0.105. The molecule has 0 spiro atoms. The van der Waals surface area contributed by atoms with Crippen LogP contribution in [0.25, 0.3) is 0 Å². The van der Waals surface area contributed by atoms with Gasteiger partial charge in [-0.05, 0) is 25.1 Å². The van der Waals surface area contributed by atoms with Crippen molar-refractivity contribution in [3.63, 3.8) is 0 Å². The molecule has 15 heavy (non-hydrogen) atoms. The third-order valence-electron chi connectivity index (χ3n) is 1.70. The molecule has 1 aromatic carbocycles. The maximum absolute atomic E-state index is 11.6. The van der Waals surface area contributed by atoms with Crippen molar-refractivity contribution >= 4 is 15.7 Å². The Morgan fingerprint density at radius 1 is 1.47 bits per heavy atom. The smallest absolute Gasteiger partial charge is 0.241 e. The van der Waals surface area contributed by atoms with Gasteiger partial charge in [-0.3, -0.25) is 0 Å². The number of benzene rings is 1. The van der Waals surface area contributed by atoms with Crippen LogP contribution in [0.15, 0.2) is 29.2 Å². The van der Waals surface area contributed by atoms with Crippen LogP contribution in [0, 0.1) is 11.8 Å². The Labute approximate surface area is 89.5 Å². The molecule has 0 aliphatic rings. The largest absolute Gasteiger partial charge is 0.399 e. The number of hydrogen-bond acceptors (Lipinski definition) is 3. The minimum atomic E-state index is -3.49. The maximum Gasteiger partial charge on any atom is 0.241 e. The average molecular weight is 224 g/mol. The van der Waals surface area contributed by atoms with Crippen molar-refractivity contribution in [1.82, 2.24) is 4.72 Å². The molecule has 0 unspecified atom stereocenters. The summed E-state index contributed by atoms with van der Waals surface area (Å²) in [6, 6.07) is 6.11. The molecule has 0 amide bonds. The molecule has 4 nitrogen and oxygen atoms in total. The molecule has 0 aliphatic heterocycles. The highest BCUT2D eigenvalue weighted by molar-refractivity contribution is 7.89. The summed E-state index contributed by atoms with van der Waals surface area (Å²) in [6.07, 6.45) is 0. The molecule has 0 atom stereocenters. The fourth-order valence-electron chi connectivity index (χ4n) is 0.985. The zero-order valence-corrected chi connectivity index (χ0v) is 9.14. The fourth-order valence-corrected chi connectivity index (χ4v) is 1.96. The van der Waals surface area contributed by atoms with Gasteiger partial charge in [-0.2, -0.15) is 4.72 Å². The molecule has 1 aromatic rings. The summed E-state index contributed by atoms with van der Waals surface area (Å²) in [5, 5.41) is 0. The molecule has 0 aromatic heterocycles. The molecule has 0 bridgehead atoms. The molecular formula is C10H12N2O2S. The fraction of sp³-hybridized carbons (Fsp3) is 0.200. The Morgan fingerprint density at radius 2 is 2.20 bits per heavy atom. The highest BCUT2D eigenvalue weighted by Gasteiger charge is 2.12. The summed E-state index contributed by atoms with van der Waals surface area (Å²) in [5.41, 5.74) is 5.91. The van der Waals surface area contributed by atoms with Gasteiger partial charge in [0.1, 0.15) is 0 Å². The number of sulfonamides is 1.